The van der Waals surface area contributed by atoms with Crippen LogP contribution in [-0.4, -0.2) is 36.9 Å². The van der Waals surface area contributed by atoms with Crippen LogP contribution in [-0.2, 0) is 9.59 Å². The van der Waals surface area contributed by atoms with E-state index in [2.05, 4.69) is 21.2 Å². The molecule has 18 heavy (non-hydrogen) atoms. The second kappa shape index (κ2) is 6.39. The van der Waals surface area contributed by atoms with E-state index in [-0.39, 0.29) is 12.3 Å². The Bertz CT molecular complexity index is 449. The van der Waals surface area contributed by atoms with Crippen molar-refractivity contribution in [1.29, 1.82) is 0 Å². The lowest BCUT2D eigenvalue weighted by Gasteiger charge is -2.18. The number of rotatable bonds is 5. The van der Waals surface area contributed by atoms with Gasteiger partial charge in [0.2, 0.25) is 11.8 Å². The lowest BCUT2D eigenvalue weighted by Crippen LogP contribution is -2.39. The summed E-state index contributed by atoms with van der Waals surface area (Å²) < 4.78 is 0.884. The number of nitrogens with two attached hydrogens (primary N) is 1. The van der Waals surface area contributed by atoms with Crippen LogP contribution in [0.25, 0.3) is 0 Å². The smallest absolute Gasteiger partial charge is 0.240 e. The third-order valence-corrected chi connectivity index (χ3v) is 2.88. The Morgan fingerprint density at radius 1 is 1.44 bits per heavy atom. The van der Waals surface area contributed by atoms with Gasteiger partial charge in [-0.3, -0.25) is 9.59 Å². The van der Waals surface area contributed by atoms with Crippen LogP contribution in [0.3, 0.4) is 0 Å². The highest BCUT2D eigenvalue weighted by Crippen LogP contribution is 2.17. The quantitative estimate of drug-likeness (QED) is 0.857. The van der Waals surface area contributed by atoms with Gasteiger partial charge in [0.1, 0.15) is 6.04 Å². The third kappa shape index (κ3) is 4.37. The first-order chi connectivity index (χ1) is 8.40. The van der Waals surface area contributed by atoms with Crippen LogP contribution in [0.15, 0.2) is 28.7 Å². The van der Waals surface area contributed by atoms with Gasteiger partial charge in [-0.15, -0.1) is 0 Å². The van der Waals surface area contributed by atoms with Crippen molar-refractivity contribution in [3.8, 4) is 0 Å². The summed E-state index contributed by atoms with van der Waals surface area (Å²) in [4.78, 5) is 24.3. The Morgan fingerprint density at radius 3 is 2.61 bits per heavy atom. The summed E-state index contributed by atoms with van der Waals surface area (Å²) in [5, 5.41) is 2.95. The number of nitrogens with zero attached hydrogens (tertiary/aromatic N) is 1. The van der Waals surface area contributed by atoms with Crippen LogP contribution in [0.4, 0.5) is 5.69 Å². The molecule has 0 aliphatic carbocycles. The molecule has 1 aromatic carbocycles. The van der Waals surface area contributed by atoms with Crippen molar-refractivity contribution < 1.29 is 9.59 Å². The maximum Gasteiger partial charge on any atom is 0.240 e. The Balaban J connectivity index is 2.75. The predicted octanol–water partition coefficient (Wildman–Crippen LogP) is 1.19. The molecule has 0 aliphatic rings. The molecule has 1 aromatic rings. The number of primary amides is 1. The molecule has 0 saturated carbocycles. The van der Waals surface area contributed by atoms with Crippen molar-refractivity contribution in [3.05, 3.63) is 28.7 Å². The van der Waals surface area contributed by atoms with Crippen molar-refractivity contribution in [2.45, 2.75) is 12.5 Å². The average molecular weight is 314 g/mol. The SMILES string of the molecule is CN(C)C(=O)CC(Nc1cccc(Br)c1)C(N)=O. The van der Waals surface area contributed by atoms with Crippen LogP contribution < -0.4 is 11.1 Å². The van der Waals surface area contributed by atoms with Crippen LogP contribution in [0, 0.1) is 0 Å². The predicted molar refractivity (Wildman–Crippen MR) is 74.1 cm³/mol. The van der Waals surface area contributed by atoms with Gasteiger partial charge < -0.3 is 16.0 Å². The molecule has 5 nitrogen and oxygen atoms in total. The van der Waals surface area contributed by atoms with Crippen molar-refractivity contribution >= 4 is 33.4 Å². The number of nitrogens with one attached hydrogen (secondary N) is 1. The maximum atomic E-state index is 11.6. The number of amides is 2. The fraction of sp³-hybridized carbons (Fsp3) is 0.333. The minimum atomic E-state index is -0.714. The topological polar surface area (TPSA) is 75.4 Å². The van der Waals surface area contributed by atoms with Crippen LogP contribution in [0.1, 0.15) is 6.42 Å². The van der Waals surface area contributed by atoms with E-state index in [0.29, 0.717) is 0 Å². The molecule has 0 saturated heterocycles. The zero-order valence-electron chi connectivity index (χ0n) is 10.3. The first-order valence-electron chi connectivity index (χ1n) is 5.41. The van der Waals surface area contributed by atoms with Crippen molar-refractivity contribution in [1.82, 2.24) is 4.90 Å². The van der Waals surface area contributed by atoms with E-state index >= 15 is 0 Å². The maximum absolute atomic E-state index is 11.6. The number of benzene rings is 1. The van der Waals surface area contributed by atoms with E-state index in [0.717, 1.165) is 10.2 Å². The summed E-state index contributed by atoms with van der Waals surface area (Å²) in [6, 6.07) is 6.61. The first kappa shape index (κ1) is 14.5. The second-order valence-corrected chi connectivity index (χ2v) is 5.02. The molecule has 0 fully saturated rings. The first-order valence-corrected chi connectivity index (χ1v) is 6.21. The normalized spacial score (nSPS) is 11.7. The number of carbonyl (C=O) groups excluding carboxylic acids is 2. The van der Waals surface area contributed by atoms with Gasteiger partial charge in [-0.1, -0.05) is 22.0 Å². The van der Waals surface area contributed by atoms with E-state index < -0.39 is 11.9 Å². The van der Waals surface area contributed by atoms with Gasteiger partial charge >= 0.3 is 0 Å². The Hall–Kier alpha value is -1.56. The van der Waals surface area contributed by atoms with Gasteiger partial charge in [0.15, 0.2) is 0 Å². The van der Waals surface area contributed by atoms with Crippen molar-refractivity contribution in [3.63, 3.8) is 0 Å². The largest absolute Gasteiger partial charge is 0.373 e. The molecular weight excluding hydrogens is 298 g/mol. The van der Waals surface area contributed by atoms with Gasteiger partial charge in [0.25, 0.3) is 0 Å². The molecule has 2 amide bonds. The fourth-order valence-corrected chi connectivity index (χ4v) is 1.76. The highest BCUT2D eigenvalue weighted by Gasteiger charge is 2.20. The van der Waals surface area contributed by atoms with E-state index in [1.54, 1.807) is 20.2 Å². The number of hydrogen-bond acceptors (Lipinski definition) is 3. The molecule has 0 radical (unpaired) electrons. The summed E-state index contributed by atoms with van der Waals surface area (Å²) in [7, 11) is 3.28. The number of carbonyl (C=O) groups is 2. The van der Waals surface area contributed by atoms with E-state index in [1.165, 1.54) is 4.90 Å². The summed E-state index contributed by atoms with van der Waals surface area (Å²) in [5.41, 5.74) is 6.02. The minimum Gasteiger partial charge on any atom is -0.373 e. The van der Waals surface area contributed by atoms with Gasteiger partial charge in [-0.25, -0.2) is 0 Å². The lowest BCUT2D eigenvalue weighted by molar-refractivity contribution is -0.131. The molecule has 0 heterocycles. The molecule has 0 aliphatic heterocycles. The highest BCUT2D eigenvalue weighted by molar-refractivity contribution is 9.10. The second-order valence-electron chi connectivity index (χ2n) is 4.10. The molecule has 0 bridgehead atoms. The molecular formula is C12H16BrN3O2. The molecule has 1 atom stereocenters. The van der Waals surface area contributed by atoms with E-state index in [4.69, 9.17) is 5.73 Å². The number of anilines is 1. The van der Waals surface area contributed by atoms with Gasteiger partial charge in [-0.05, 0) is 18.2 Å². The van der Waals surface area contributed by atoms with Crippen molar-refractivity contribution in [2.75, 3.05) is 19.4 Å². The summed E-state index contributed by atoms with van der Waals surface area (Å²) >= 11 is 3.33. The molecule has 6 heteroatoms. The highest BCUT2D eigenvalue weighted by atomic mass is 79.9. The zero-order chi connectivity index (χ0) is 13.7. The molecule has 3 N–H and O–H groups in total. The molecule has 1 unspecified atom stereocenters. The third-order valence-electron chi connectivity index (χ3n) is 2.39. The summed E-state index contributed by atoms with van der Waals surface area (Å²) in [5.74, 6) is -0.702. The minimum absolute atomic E-state index is 0.0366. The lowest BCUT2D eigenvalue weighted by atomic mass is 10.1. The van der Waals surface area contributed by atoms with E-state index in [9.17, 15) is 9.59 Å². The number of hydrogen-bond donors (Lipinski definition) is 2. The Morgan fingerprint density at radius 2 is 2.11 bits per heavy atom. The van der Waals surface area contributed by atoms with Crippen molar-refractivity contribution in [2.24, 2.45) is 5.73 Å². The summed E-state index contributed by atoms with van der Waals surface area (Å²) in [6.45, 7) is 0. The van der Waals surface area contributed by atoms with Crippen LogP contribution in [0.5, 0.6) is 0 Å². The molecule has 0 aromatic heterocycles. The zero-order valence-corrected chi connectivity index (χ0v) is 11.9. The Kier molecular flexibility index (Phi) is 5.15. The summed E-state index contributed by atoms with van der Waals surface area (Å²) in [6.07, 6.45) is 0.0366. The molecule has 98 valence electrons. The van der Waals surface area contributed by atoms with Gasteiger partial charge in [0, 0.05) is 24.3 Å². The molecule has 1 rings (SSSR count). The molecule has 0 spiro atoms. The fourth-order valence-electron chi connectivity index (χ4n) is 1.36. The van der Waals surface area contributed by atoms with Gasteiger partial charge in [-0.2, -0.15) is 0 Å². The van der Waals surface area contributed by atoms with Gasteiger partial charge in [0.05, 0.1) is 6.42 Å². The van der Waals surface area contributed by atoms with Crippen LogP contribution >= 0.6 is 15.9 Å². The standard InChI is InChI=1S/C12H16BrN3O2/c1-16(2)11(17)7-10(12(14)18)15-9-5-3-4-8(13)6-9/h3-6,10,15H,7H2,1-2H3,(H2,14,18). The van der Waals surface area contributed by atoms with E-state index in [1.807, 2.05) is 18.2 Å². The average Bonchev–Trinajstić information content (AvgIpc) is 2.27. The number of halogens is 1. The monoisotopic (exact) mass is 313 g/mol. The Labute approximate surface area is 114 Å². The van der Waals surface area contributed by atoms with Crippen LogP contribution in [0.2, 0.25) is 0 Å².